The molecule has 2 amide bonds. The number of nitrogens with one attached hydrogen (secondary N) is 2. The van der Waals surface area contributed by atoms with Gasteiger partial charge in [0.25, 0.3) is 0 Å². The summed E-state index contributed by atoms with van der Waals surface area (Å²) in [6, 6.07) is 19.8. The third kappa shape index (κ3) is 4.72. The molecule has 2 aliphatic rings. The summed E-state index contributed by atoms with van der Waals surface area (Å²) in [4.78, 5) is 24.9. The van der Waals surface area contributed by atoms with Crippen molar-refractivity contribution >= 4 is 17.5 Å². The fraction of sp³-hybridized carbons (Fsp3) is 0.286. The van der Waals surface area contributed by atoms with Crippen molar-refractivity contribution in [2.24, 2.45) is 0 Å². The smallest absolute Gasteiger partial charge is 0.246 e. The number of carbonyl (C=O) groups excluding carboxylic acids is 2. The zero-order valence-corrected chi connectivity index (χ0v) is 19.9. The molecule has 0 saturated heterocycles. The van der Waals surface area contributed by atoms with Crippen LogP contribution in [0, 0.1) is 6.92 Å². The van der Waals surface area contributed by atoms with Crippen LogP contribution in [0.3, 0.4) is 0 Å². The topological polar surface area (TPSA) is 85.9 Å². The Bertz CT molecular complexity index is 1270. The van der Waals surface area contributed by atoms with E-state index in [0.29, 0.717) is 12.3 Å². The number of methoxy groups -OCH3 is 1. The van der Waals surface area contributed by atoms with Crippen molar-refractivity contribution in [3.8, 4) is 22.6 Å². The Morgan fingerprint density at radius 2 is 1.77 bits per heavy atom. The van der Waals surface area contributed by atoms with E-state index in [1.807, 2.05) is 60.7 Å². The van der Waals surface area contributed by atoms with Crippen molar-refractivity contribution < 1.29 is 25.2 Å². The van der Waals surface area contributed by atoms with E-state index in [1.54, 1.807) is 0 Å². The van der Waals surface area contributed by atoms with Gasteiger partial charge in [0.2, 0.25) is 18.6 Å². The van der Waals surface area contributed by atoms with Gasteiger partial charge < -0.3 is 24.8 Å². The van der Waals surface area contributed by atoms with Gasteiger partial charge in [-0.15, -0.1) is 0 Å². The first kappa shape index (κ1) is 22.9. The van der Waals surface area contributed by atoms with E-state index in [0.717, 1.165) is 52.1 Å². The Morgan fingerprint density at radius 1 is 1.00 bits per heavy atom. The molecule has 2 N–H and O–H groups in total. The van der Waals surface area contributed by atoms with Crippen molar-refractivity contribution in [3.05, 3.63) is 77.4 Å². The maximum Gasteiger partial charge on any atom is 0.246 e. The first-order valence-corrected chi connectivity index (χ1v) is 11.7. The Morgan fingerprint density at radius 3 is 2.51 bits per heavy atom. The quantitative estimate of drug-likeness (QED) is 0.500. The average molecular weight is 475 g/mol. The zero-order valence-electron chi connectivity index (χ0n) is 19.9. The molecule has 0 aromatic heterocycles. The number of carbonyl (C=O) groups is 2. The van der Waals surface area contributed by atoms with E-state index in [1.165, 1.54) is 7.11 Å². The molecule has 1 fully saturated rings. The van der Waals surface area contributed by atoms with Gasteiger partial charge in [-0.3, -0.25) is 9.59 Å². The van der Waals surface area contributed by atoms with Crippen LogP contribution in [0.15, 0.2) is 60.7 Å². The molecule has 7 nitrogen and oxygen atoms in total. The summed E-state index contributed by atoms with van der Waals surface area (Å²) in [5.41, 5.74) is 5.40. The molecule has 0 bridgehead atoms. The van der Waals surface area contributed by atoms with Crippen LogP contribution in [0.1, 0.15) is 31.0 Å². The molecule has 5 rings (SSSR count). The maximum atomic E-state index is 13.3. The van der Waals surface area contributed by atoms with Gasteiger partial charge in [-0.25, -0.2) is 0 Å². The number of fused-ring (bicyclic) bond motifs is 1. The van der Waals surface area contributed by atoms with Crippen molar-refractivity contribution in [2.75, 3.05) is 25.8 Å². The molecule has 3 aromatic carbocycles. The highest BCUT2D eigenvalue weighted by Crippen LogP contribution is 2.51. The molecule has 1 saturated carbocycles. The van der Waals surface area contributed by atoms with Crippen LogP contribution < -0.4 is 20.1 Å². The third-order valence-corrected chi connectivity index (χ3v) is 6.64. The lowest BCUT2D eigenvalue weighted by Gasteiger charge is -2.17. The van der Waals surface area contributed by atoms with Gasteiger partial charge in [0.05, 0.1) is 5.41 Å². The van der Waals surface area contributed by atoms with Crippen LogP contribution in [-0.4, -0.2) is 32.3 Å². The fourth-order valence-corrected chi connectivity index (χ4v) is 4.41. The molecule has 1 aliphatic heterocycles. The van der Waals surface area contributed by atoms with Crippen LogP contribution in [0.2, 0.25) is 0 Å². The third-order valence-electron chi connectivity index (χ3n) is 6.64. The molecule has 182 valence electrons. The second-order valence-electron chi connectivity index (χ2n) is 9.04. The van der Waals surface area contributed by atoms with E-state index in [4.69, 9.17) is 14.2 Å². The van der Waals surface area contributed by atoms with E-state index < -0.39 is 5.41 Å². The van der Waals surface area contributed by atoms with Crippen LogP contribution in [0.25, 0.3) is 11.1 Å². The summed E-state index contributed by atoms with van der Waals surface area (Å²) >= 11 is 0. The lowest BCUT2D eigenvalue weighted by molar-refractivity contribution is -0.124. The summed E-state index contributed by atoms with van der Waals surface area (Å²) in [7, 11) is 1.50. The SMILES string of the molecule is COCC(=O)NCc1ccc(-c2cc(NC(=O)C3(c4ccc5c(c4)OCO5)CC3)ccc2C)cc1.[HH]. The number of aryl methyl sites for hydroxylation is 1. The second kappa shape index (κ2) is 9.43. The molecular weight excluding hydrogens is 444 g/mol. The van der Waals surface area contributed by atoms with Crippen molar-refractivity contribution in [2.45, 2.75) is 31.7 Å². The first-order valence-electron chi connectivity index (χ1n) is 11.7. The highest BCUT2D eigenvalue weighted by Gasteiger charge is 2.51. The summed E-state index contributed by atoms with van der Waals surface area (Å²) in [6.07, 6.45) is 1.61. The minimum absolute atomic E-state index is 0. The molecule has 0 unspecified atom stereocenters. The number of rotatable bonds is 8. The van der Waals surface area contributed by atoms with Gasteiger partial charge >= 0.3 is 0 Å². The molecule has 35 heavy (non-hydrogen) atoms. The maximum absolute atomic E-state index is 13.3. The zero-order chi connectivity index (χ0) is 24.4. The summed E-state index contributed by atoms with van der Waals surface area (Å²) in [5, 5.41) is 5.96. The van der Waals surface area contributed by atoms with E-state index >= 15 is 0 Å². The van der Waals surface area contributed by atoms with Gasteiger partial charge in [-0.05, 0) is 71.8 Å². The molecule has 0 spiro atoms. The normalized spacial score (nSPS) is 14.9. The predicted octanol–water partition coefficient (Wildman–Crippen LogP) is 4.57. The van der Waals surface area contributed by atoms with Gasteiger partial charge in [0, 0.05) is 20.8 Å². The van der Waals surface area contributed by atoms with Crippen molar-refractivity contribution in [1.82, 2.24) is 5.32 Å². The lowest BCUT2D eigenvalue weighted by atomic mass is 9.94. The Balaban J connectivity index is 0.00000304. The Kier molecular flexibility index (Phi) is 6.17. The summed E-state index contributed by atoms with van der Waals surface area (Å²) in [6.45, 7) is 2.76. The second-order valence-corrected chi connectivity index (χ2v) is 9.04. The lowest BCUT2D eigenvalue weighted by Crippen LogP contribution is -2.27. The van der Waals surface area contributed by atoms with Gasteiger partial charge in [-0.2, -0.15) is 0 Å². The van der Waals surface area contributed by atoms with E-state index in [-0.39, 0.29) is 26.6 Å². The van der Waals surface area contributed by atoms with Crippen LogP contribution in [0.5, 0.6) is 11.5 Å². The fourth-order valence-electron chi connectivity index (χ4n) is 4.41. The van der Waals surface area contributed by atoms with Crippen LogP contribution in [0.4, 0.5) is 5.69 Å². The predicted molar refractivity (Wildman–Crippen MR) is 135 cm³/mol. The molecule has 0 atom stereocenters. The first-order chi connectivity index (χ1) is 17.0. The minimum atomic E-state index is -0.527. The minimum Gasteiger partial charge on any atom is -0.454 e. The highest BCUT2D eigenvalue weighted by molar-refractivity contribution is 6.02. The molecular formula is C28H30N2O5. The van der Waals surface area contributed by atoms with Crippen molar-refractivity contribution in [1.29, 1.82) is 0 Å². The van der Waals surface area contributed by atoms with Gasteiger partial charge in [0.15, 0.2) is 11.5 Å². The summed E-state index contributed by atoms with van der Waals surface area (Å²) in [5.74, 6) is 1.26. The molecule has 1 aliphatic carbocycles. The molecule has 0 radical (unpaired) electrons. The number of amides is 2. The monoisotopic (exact) mass is 474 g/mol. The van der Waals surface area contributed by atoms with Gasteiger partial charge in [0.1, 0.15) is 6.61 Å². The average Bonchev–Trinajstić information content (AvgIpc) is 3.55. The molecule has 1 heterocycles. The molecule has 3 aromatic rings. The standard InChI is InChI=1S/C28H28N2O5.H2/c1-18-3-9-22(14-23(18)20-6-4-19(5-7-20)15-29-26(31)16-33-2)30-27(32)28(11-12-28)21-8-10-24-25(13-21)35-17-34-24;/h3-10,13-14H,11-12,15-17H2,1-2H3,(H,29,31)(H,30,32);1H. The van der Waals surface area contributed by atoms with Crippen LogP contribution >= 0.6 is 0 Å². The van der Waals surface area contributed by atoms with E-state index in [2.05, 4.69) is 17.6 Å². The number of ether oxygens (including phenoxy) is 3. The number of hydrogen-bond acceptors (Lipinski definition) is 5. The Hall–Kier alpha value is -3.84. The van der Waals surface area contributed by atoms with Gasteiger partial charge in [-0.1, -0.05) is 36.4 Å². The molecule has 7 heteroatoms. The number of hydrogen-bond donors (Lipinski definition) is 2. The van der Waals surface area contributed by atoms with E-state index in [9.17, 15) is 9.59 Å². The highest BCUT2D eigenvalue weighted by atomic mass is 16.7. The number of anilines is 1. The Labute approximate surface area is 205 Å². The largest absolute Gasteiger partial charge is 0.454 e. The number of benzene rings is 3. The summed E-state index contributed by atoms with van der Waals surface area (Å²) < 4.78 is 15.7. The van der Waals surface area contributed by atoms with Crippen LogP contribution in [-0.2, 0) is 26.3 Å². The van der Waals surface area contributed by atoms with Crippen molar-refractivity contribution in [3.63, 3.8) is 0 Å².